The molecule has 3 heteroatoms. The zero-order valence-corrected chi connectivity index (χ0v) is 8.62. The summed E-state index contributed by atoms with van der Waals surface area (Å²) in [5, 5.41) is 10.7. The molecule has 2 aromatic rings. The number of rotatable bonds is 2. The van der Waals surface area contributed by atoms with Crippen LogP contribution in [0.2, 0.25) is 0 Å². The zero-order valence-electron chi connectivity index (χ0n) is 7.81. The van der Waals surface area contributed by atoms with Gasteiger partial charge in [-0.2, -0.15) is 5.26 Å². The third kappa shape index (κ3) is 1.80. The molecule has 2 nitrogen and oxygen atoms in total. The third-order valence-corrected chi connectivity index (χ3v) is 2.91. The monoisotopic (exact) mass is 213 g/mol. The highest BCUT2D eigenvalue weighted by atomic mass is 32.1. The summed E-state index contributed by atoms with van der Waals surface area (Å²) >= 11 is 1.39. The van der Waals surface area contributed by atoms with E-state index in [4.69, 9.17) is 5.26 Å². The molecule has 1 aromatic carbocycles. The molecule has 0 aliphatic carbocycles. The number of hydrogen-bond acceptors (Lipinski definition) is 3. The van der Waals surface area contributed by atoms with Crippen molar-refractivity contribution in [3.8, 4) is 6.07 Å². The van der Waals surface area contributed by atoms with Crippen molar-refractivity contribution in [2.45, 2.75) is 0 Å². The SMILES string of the molecule is N#Cc1ccccc1C(=O)c1cccs1. The van der Waals surface area contributed by atoms with Crippen molar-refractivity contribution in [2.24, 2.45) is 0 Å². The number of hydrogen-bond donors (Lipinski definition) is 0. The Morgan fingerprint density at radius 2 is 2.00 bits per heavy atom. The van der Waals surface area contributed by atoms with Gasteiger partial charge < -0.3 is 0 Å². The van der Waals surface area contributed by atoms with Gasteiger partial charge in [-0.25, -0.2) is 0 Å². The number of carbonyl (C=O) groups is 1. The number of nitrogens with zero attached hydrogens (tertiary/aromatic N) is 1. The van der Waals surface area contributed by atoms with Crippen LogP contribution in [0.4, 0.5) is 0 Å². The number of nitriles is 1. The van der Waals surface area contributed by atoms with Crippen molar-refractivity contribution in [1.29, 1.82) is 5.26 Å². The highest BCUT2D eigenvalue weighted by Crippen LogP contribution is 2.17. The van der Waals surface area contributed by atoms with Gasteiger partial charge in [0, 0.05) is 5.56 Å². The Balaban J connectivity index is 2.47. The topological polar surface area (TPSA) is 40.9 Å². The van der Waals surface area contributed by atoms with E-state index >= 15 is 0 Å². The maximum absolute atomic E-state index is 11.9. The Bertz CT molecular complexity index is 523. The summed E-state index contributed by atoms with van der Waals surface area (Å²) in [6.45, 7) is 0. The molecule has 1 heterocycles. The minimum Gasteiger partial charge on any atom is -0.288 e. The van der Waals surface area contributed by atoms with Crippen molar-refractivity contribution >= 4 is 17.1 Å². The molecule has 0 amide bonds. The van der Waals surface area contributed by atoms with E-state index in [1.807, 2.05) is 17.5 Å². The molecule has 1 aromatic heterocycles. The fourth-order valence-electron chi connectivity index (χ4n) is 1.32. The second-order valence-electron chi connectivity index (χ2n) is 2.96. The quantitative estimate of drug-likeness (QED) is 0.720. The third-order valence-electron chi connectivity index (χ3n) is 2.04. The Labute approximate surface area is 91.4 Å². The van der Waals surface area contributed by atoms with Crippen LogP contribution >= 0.6 is 11.3 Å². The molecular formula is C12H7NOS. The Hall–Kier alpha value is -1.92. The standard InChI is InChI=1S/C12H7NOS/c13-8-9-4-1-2-5-10(9)12(14)11-6-3-7-15-11/h1-7H. The van der Waals surface area contributed by atoms with Gasteiger partial charge in [0.15, 0.2) is 0 Å². The average Bonchev–Trinajstić information content (AvgIpc) is 2.81. The lowest BCUT2D eigenvalue weighted by atomic mass is 10.0. The first-order valence-electron chi connectivity index (χ1n) is 4.40. The molecule has 0 fully saturated rings. The van der Waals surface area contributed by atoms with Gasteiger partial charge in [-0.05, 0) is 23.6 Å². The zero-order chi connectivity index (χ0) is 10.7. The van der Waals surface area contributed by atoms with Crippen LogP contribution in [0, 0.1) is 11.3 Å². The first-order chi connectivity index (χ1) is 7.33. The van der Waals surface area contributed by atoms with Crippen LogP contribution in [0.3, 0.4) is 0 Å². The summed E-state index contributed by atoms with van der Waals surface area (Å²) in [5.74, 6) is -0.0813. The van der Waals surface area contributed by atoms with Crippen LogP contribution in [-0.4, -0.2) is 5.78 Å². The number of carbonyl (C=O) groups excluding carboxylic acids is 1. The van der Waals surface area contributed by atoms with Gasteiger partial charge >= 0.3 is 0 Å². The van der Waals surface area contributed by atoms with Crippen LogP contribution in [0.5, 0.6) is 0 Å². The maximum Gasteiger partial charge on any atom is 0.204 e. The molecule has 0 aliphatic rings. The lowest BCUT2D eigenvalue weighted by Crippen LogP contribution is -2.01. The molecule has 2 rings (SSSR count). The largest absolute Gasteiger partial charge is 0.288 e. The van der Waals surface area contributed by atoms with E-state index in [-0.39, 0.29) is 5.78 Å². The van der Waals surface area contributed by atoms with E-state index in [2.05, 4.69) is 0 Å². The van der Waals surface area contributed by atoms with E-state index in [0.717, 1.165) is 0 Å². The lowest BCUT2D eigenvalue weighted by Gasteiger charge is -1.99. The van der Waals surface area contributed by atoms with Crippen molar-refractivity contribution in [3.63, 3.8) is 0 Å². The van der Waals surface area contributed by atoms with Crippen molar-refractivity contribution in [3.05, 3.63) is 57.8 Å². The first kappa shape index (κ1) is 9.63. The fraction of sp³-hybridized carbons (Fsp3) is 0. The molecule has 72 valence electrons. The van der Waals surface area contributed by atoms with Gasteiger partial charge in [-0.3, -0.25) is 4.79 Å². The smallest absolute Gasteiger partial charge is 0.204 e. The molecule has 0 spiro atoms. The molecule has 15 heavy (non-hydrogen) atoms. The molecule has 0 radical (unpaired) electrons. The van der Waals surface area contributed by atoms with Crippen LogP contribution in [-0.2, 0) is 0 Å². The Morgan fingerprint density at radius 3 is 2.67 bits per heavy atom. The maximum atomic E-state index is 11.9. The predicted molar refractivity (Wildman–Crippen MR) is 58.9 cm³/mol. The highest BCUT2D eigenvalue weighted by Gasteiger charge is 2.13. The molecule has 0 unspecified atom stereocenters. The first-order valence-corrected chi connectivity index (χ1v) is 5.28. The fourth-order valence-corrected chi connectivity index (χ4v) is 2.00. The lowest BCUT2D eigenvalue weighted by molar-refractivity contribution is 0.104. The van der Waals surface area contributed by atoms with Crippen LogP contribution in [0.15, 0.2) is 41.8 Å². The van der Waals surface area contributed by atoms with Crippen molar-refractivity contribution in [1.82, 2.24) is 0 Å². The second-order valence-corrected chi connectivity index (χ2v) is 3.91. The van der Waals surface area contributed by atoms with Gasteiger partial charge in [0.1, 0.15) is 0 Å². The molecule has 0 saturated heterocycles. The number of benzene rings is 1. The van der Waals surface area contributed by atoms with Crippen LogP contribution in [0.1, 0.15) is 20.8 Å². The van der Waals surface area contributed by atoms with Gasteiger partial charge in [0.25, 0.3) is 0 Å². The van der Waals surface area contributed by atoms with E-state index in [1.165, 1.54) is 11.3 Å². The normalized spacial score (nSPS) is 9.53. The van der Waals surface area contributed by atoms with Crippen LogP contribution < -0.4 is 0 Å². The molecular weight excluding hydrogens is 206 g/mol. The summed E-state index contributed by atoms with van der Waals surface area (Å²) in [5.41, 5.74) is 0.901. The molecule has 0 saturated carbocycles. The van der Waals surface area contributed by atoms with Crippen molar-refractivity contribution in [2.75, 3.05) is 0 Å². The molecule has 0 atom stereocenters. The van der Waals surface area contributed by atoms with Gasteiger partial charge in [-0.15, -0.1) is 11.3 Å². The van der Waals surface area contributed by atoms with E-state index in [9.17, 15) is 4.79 Å². The Morgan fingerprint density at radius 1 is 1.20 bits per heavy atom. The second kappa shape index (κ2) is 4.07. The average molecular weight is 213 g/mol. The minimum absolute atomic E-state index is 0.0813. The summed E-state index contributed by atoms with van der Waals surface area (Å²) < 4.78 is 0. The number of ketones is 1. The summed E-state index contributed by atoms with van der Waals surface area (Å²) in [7, 11) is 0. The van der Waals surface area contributed by atoms with Gasteiger partial charge in [0.05, 0.1) is 16.5 Å². The van der Waals surface area contributed by atoms with E-state index < -0.39 is 0 Å². The summed E-state index contributed by atoms with van der Waals surface area (Å²) in [6, 6.07) is 12.5. The predicted octanol–water partition coefficient (Wildman–Crippen LogP) is 2.85. The van der Waals surface area contributed by atoms with Crippen molar-refractivity contribution < 1.29 is 4.79 Å². The summed E-state index contributed by atoms with van der Waals surface area (Å²) in [6.07, 6.45) is 0. The van der Waals surface area contributed by atoms with Gasteiger partial charge in [0.2, 0.25) is 5.78 Å². The Kier molecular flexibility index (Phi) is 2.61. The van der Waals surface area contributed by atoms with E-state index in [1.54, 1.807) is 30.3 Å². The molecule has 0 N–H and O–H groups in total. The van der Waals surface area contributed by atoms with Crippen LogP contribution in [0.25, 0.3) is 0 Å². The minimum atomic E-state index is -0.0813. The summed E-state index contributed by atoms with van der Waals surface area (Å²) in [4.78, 5) is 12.6. The number of thiophene rings is 1. The highest BCUT2D eigenvalue weighted by molar-refractivity contribution is 7.12. The molecule has 0 aliphatic heterocycles. The molecule has 0 bridgehead atoms. The van der Waals surface area contributed by atoms with E-state index in [0.29, 0.717) is 16.0 Å². The van der Waals surface area contributed by atoms with Gasteiger partial charge in [-0.1, -0.05) is 18.2 Å².